The minimum atomic E-state index is -0.213. The summed E-state index contributed by atoms with van der Waals surface area (Å²) in [6, 6.07) is 13.1. The number of methoxy groups -OCH3 is 1. The molecule has 0 radical (unpaired) electrons. The van der Waals surface area contributed by atoms with Crippen molar-refractivity contribution in [1.82, 2.24) is 5.32 Å². The molecule has 2 rings (SSSR count). The molecule has 0 fully saturated rings. The fourth-order valence-corrected chi connectivity index (χ4v) is 2.37. The topological polar surface area (TPSA) is 62.8 Å². The Labute approximate surface area is 155 Å². The predicted molar refractivity (Wildman–Crippen MR) is 106 cm³/mol. The van der Waals surface area contributed by atoms with E-state index in [0.717, 1.165) is 34.9 Å². The van der Waals surface area contributed by atoms with Gasteiger partial charge in [-0.25, -0.2) is 4.79 Å². The van der Waals surface area contributed by atoms with Gasteiger partial charge in [-0.05, 0) is 61.4 Å². The Kier molecular flexibility index (Phi) is 7.14. The van der Waals surface area contributed by atoms with Crippen LogP contribution in [0, 0.1) is 6.92 Å². The fourth-order valence-electron chi connectivity index (χ4n) is 2.37. The van der Waals surface area contributed by atoms with Crippen LogP contribution in [0.15, 0.2) is 42.5 Å². The zero-order valence-electron chi connectivity index (χ0n) is 15.8. The van der Waals surface area contributed by atoms with Crippen LogP contribution >= 0.6 is 0 Å². The number of benzene rings is 2. The number of rotatable bonds is 8. The van der Waals surface area contributed by atoms with E-state index in [4.69, 9.17) is 9.47 Å². The Hall–Kier alpha value is -2.89. The number of amides is 2. The second kappa shape index (κ2) is 9.56. The maximum absolute atomic E-state index is 12.0. The molecule has 0 bridgehead atoms. The standard InChI is InChI=1S/C20H27N3O3/c1-15-14-16(23(2)3)6-11-19(15)22-20(24)21-12-5-13-26-18-9-7-17(25-4)8-10-18/h6-11,14H,5,12-13H2,1-4H3,(H2,21,22,24). The van der Waals surface area contributed by atoms with Gasteiger partial charge < -0.3 is 25.0 Å². The van der Waals surface area contributed by atoms with Crippen LogP contribution in [0.2, 0.25) is 0 Å². The van der Waals surface area contributed by atoms with Gasteiger partial charge in [-0.3, -0.25) is 0 Å². The van der Waals surface area contributed by atoms with E-state index < -0.39 is 0 Å². The monoisotopic (exact) mass is 357 g/mol. The Balaban J connectivity index is 1.68. The molecule has 6 nitrogen and oxygen atoms in total. The number of aryl methyl sites for hydroxylation is 1. The first-order valence-corrected chi connectivity index (χ1v) is 8.59. The van der Waals surface area contributed by atoms with E-state index in [1.807, 2.05) is 68.4 Å². The quantitative estimate of drug-likeness (QED) is 0.708. The van der Waals surface area contributed by atoms with Crippen molar-refractivity contribution in [3.8, 4) is 11.5 Å². The smallest absolute Gasteiger partial charge is 0.319 e. The second-order valence-corrected chi connectivity index (χ2v) is 6.15. The number of carbonyl (C=O) groups excluding carboxylic acids is 1. The molecule has 6 heteroatoms. The van der Waals surface area contributed by atoms with Gasteiger partial charge in [0, 0.05) is 32.0 Å². The van der Waals surface area contributed by atoms with Gasteiger partial charge in [-0.1, -0.05) is 0 Å². The Morgan fingerprint density at radius 1 is 1.08 bits per heavy atom. The van der Waals surface area contributed by atoms with Crippen LogP contribution in [0.5, 0.6) is 11.5 Å². The third-order valence-corrected chi connectivity index (χ3v) is 3.91. The van der Waals surface area contributed by atoms with E-state index in [-0.39, 0.29) is 6.03 Å². The van der Waals surface area contributed by atoms with Crippen molar-refractivity contribution in [2.24, 2.45) is 0 Å². The van der Waals surface area contributed by atoms with E-state index in [1.165, 1.54) is 0 Å². The Morgan fingerprint density at radius 2 is 1.77 bits per heavy atom. The van der Waals surface area contributed by atoms with Crippen molar-refractivity contribution < 1.29 is 14.3 Å². The molecule has 0 saturated heterocycles. The highest BCUT2D eigenvalue weighted by Crippen LogP contribution is 2.21. The maximum Gasteiger partial charge on any atom is 0.319 e. The summed E-state index contributed by atoms with van der Waals surface area (Å²) in [5, 5.41) is 5.71. The summed E-state index contributed by atoms with van der Waals surface area (Å²) < 4.78 is 10.7. The van der Waals surface area contributed by atoms with Crippen molar-refractivity contribution in [3.63, 3.8) is 0 Å². The summed E-state index contributed by atoms with van der Waals surface area (Å²) in [7, 11) is 5.61. The average Bonchev–Trinajstić information content (AvgIpc) is 2.63. The van der Waals surface area contributed by atoms with Crippen molar-refractivity contribution in [2.75, 3.05) is 44.6 Å². The summed E-state index contributed by atoms with van der Waals surface area (Å²) in [6.45, 7) is 3.05. The molecule has 0 spiro atoms. The lowest BCUT2D eigenvalue weighted by molar-refractivity contribution is 0.250. The summed E-state index contributed by atoms with van der Waals surface area (Å²) in [6.07, 6.45) is 0.720. The Bertz CT molecular complexity index is 715. The zero-order valence-corrected chi connectivity index (χ0v) is 15.8. The van der Waals surface area contributed by atoms with Crippen LogP contribution in [0.25, 0.3) is 0 Å². The van der Waals surface area contributed by atoms with E-state index >= 15 is 0 Å². The van der Waals surface area contributed by atoms with E-state index in [0.29, 0.717) is 13.2 Å². The van der Waals surface area contributed by atoms with Gasteiger partial charge in [0.2, 0.25) is 0 Å². The SMILES string of the molecule is COc1ccc(OCCCNC(=O)Nc2ccc(N(C)C)cc2C)cc1. The predicted octanol–water partition coefficient (Wildman–Crippen LogP) is 3.66. The highest BCUT2D eigenvalue weighted by Gasteiger charge is 2.05. The molecule has 0 aliphatic rings. The Morgan fingerprint density at radius 3 is 2.38 bits per heavy atom. The number of ether oxygens (including phenoxy) is 2. The van der Waals surface area contributed by atoms with Gasteiger partial charge in [0.15, 0.2) is 0 Å². The van der Waals surface area contributed by atoms with E-state index in [9.17, 15) is 4.79 Å². The first-order chi connectivity index (χ1) is 12.5. The number of hydrogen-bond donors (Lipinski definition) is 2. The van der Waals surface area contributed by atoms with Crippen LogP contribution in [-0.4, -0.2) is 40.4 Å². The molecular weight excluding hydrogens is 330 g/mol. The van der Waals surface area contributed by atoms with Crippen molar-refractivity contribution in [1.29, 1.82) is 0 Å². The third kappa shape index (κ3) is 5.88. The molecule has 0 saturated carbocycles. The molecule has 2 aromatic carbocycles. The van der Waals surface area contributed by atoms with Crippen molar-refractivity contribution in [3.05, 3.63) is 48.0 Å². The van der Waals surface area contributed by atoms with Gasteiger partial charge in [0.1, 0.15) is 11.5 Å². The highest BCUT2D eigenvalue weighted by atomic mass is 16.5. The van der Waals surface area contributed by atoms with Crippen molar-refractivity contribution in [2.45, 2.75) is 13.3 Å². The van der Waals surface area contributed by atoms with Gasteiger partial charge >= 0.3 is 6.03 Å². The number of nitrogens with one attached hydrogen (secondary N) is 2. The molecule has 140 valence electrons. The highest BCUT2D eigenvalue weighted by molar-refractivity contribution is 5.90. The van der Waals surface area contributed by atoms with E-state index in [1.54, 1.807) is 7.11 Å². The van der Waals surface area contributed by atoms with Crippen LogP contribution < -0.4 is 25.0 Å². The average molecular weight is 357 g/mol. The molecule has 0 aromatic heterocycles. The molecule has 2 aromatic rings. The minimum absolute atomic E-state index is 0.213. The normalized spacial score (nSPS) is 10.2. The first kappa shape index (κ1) is 19.4. The van der Waals surface area contributed by atoms with Gasteiger partial charge in [-0.15, -0.1) is 0 Å². The van der Waals surface area contributed by atoms with Crippen LogP contribution in [0.4, 0.5) is 16.2 Å². The maximum atomic E-state index is 12.0. The number of carbonyl (C=O) groups is 1. The zero-order chi connectivity index (χ0) is 18.9. The van der Waals surface area contributed by atoms with E-state index in [2.05, 4.69) is 10.6 Å². The molecule has 2 amide bonds. The molecule has 0 aliphatic carbocycles. The summed E-state index contributed by atoms with van der Waals surface area (Å²) in [4.78, 5) is 14.0. The first-order valence-electron chi connectivity index (χ1n) is 8.59. The lowest BCUT2D eigenvalue weighted by atomic mass is 10.1. The molecule has 2 N–H and O–H groups in total. The van der Waals surface area contributed by atoms with Crippen LogP contribution in [-0.2, 0) is 0 Å². The third-order valence-electron chi connectivity index (χ3n) is 3.91. The summed E-state index contributed by atoms with van der Waals surface area (Å²) in [5.74, 6) is 1.58. The minimum Gasteiger partial charge on any atom is -0.497 e. The number of urea groups is 1. The summed E-state index contributed by atoms with van der Waals surface area (Å²) >= 11 is 0. The largest absolute Gasteiger partial charge is 0.497 e. The molecule has 0 unspecified atom stereocenters. The summed E-state index contributed by atoms with van der Waals surface area (Å²) in [5.41, 5.74) is 2.93. The van der Waals surface area contributed by atoms with Crippen molar-refractivity contribution >= 4 is 17.4 Å². The number of hydrogen-bond acceptors (Lipinski definition) is 4. The van der Waals surface area contributed by atoms with Gasteiger partial charge in [0.05, 0.1) is 13.7 Å². The number of anilines is 2. The van der Waals surface area contributed by atoms with Gasteiger partial charge in [-0.2, -0.15) is 0 Å². The molecule has 0 heterocycles. The lowest BCUT2D eigenvalue weighted by Crippen LogP contribution is -2.30. The molecule has 0 atom stereocenters. The lowest BCUT2D eigenvalue weighted by Gasteiger charge is -2.15. The second-order valence-electron chi connectivity index (χ2n) is 6.15. The number of nitrogens with zero attached hydrogens (tertiary/aromatic N) is 1. The molecular formula is C20H27N3O3. The van der Waals surface area contributed by atoms with Gasteiger partial charge in [0.25, 0.3) is 0 Å². The van der Waals surface area contributed by atoms with Crippen LogP contribution in [0.3, 0.4) is 0 Å². The molecule has 0 aliphatic heterocycles. The fraction of sp³-hybridized carbons (Fsp3) is 0.350. The van der Waals surface area contributed by atoms with Crippen LogP contribution in [0.1, 0.15) is 12.0 Å². The molecule has 26 heavy (non-hydrogen) atoms.